The molecule has 0 radical (unpaired) electrons. The summed E-state index contributed by atoms with van der Waals surface area (Å²) in [6.07, 6.45) is 4.67. The van der Waals surface area contributed by atoms with E-state index in [4.69, 9.17) is 16.3 Å². The van der Waals surface area contributed by atoms with E-state index in [2.05, 4.69) is 4.98 Å². The number of carbonyl (C=O) groups is 1. The van der Waals surface area contributed by atoms with Crippen molar-refractivity contribution < 1.29 is 9.53 Å². The summed E-state index contributed by atoms with van der Waals surface area (Å²) in [5.74, 6) is 0.169. The summed E-state index contributed by atoms with van der Waals surface area (Å²) in [4.78, 5) is 18.4. The van der Waals surface area contributed by atoms with Gasteiger partial charge in [-0.25, -0.2) is 0 Å². The first kappa shape index (κ1) is 16.0. The number of halogens is 1. The Morgan fingerprint density at radius 2 is 1.96 bits per heavy atom. The van der Waals surface area contributed by atoms with E-state index in [1.54, 1.807) is 12.4 Å². The van der Waals surface area contributed by atoms with E-state index in [0.29, 0.717) is 31.1 Å². The third kappa shape index (κ3) is 4.30. The summed E-state index contributed by atoms with van der Waals surface area (Å²) in [7, 11) is 0. The van der Waals surface area contributed by atoms with Crippen LogP contribution in [0.4, 0.5) is 0 Å². The van der Waals surface area contributed by atoms with E-state index in [1.807, 2.05) is 41.3 Å². The molecule has 5 heteroatoms. The van der Waals surface area contributed by atoms with Crippen LogP contribution in [-0.4, -0.2) is 35.5 Å². The van der Waals surface area contributed by atoms with Gasteiger partial charge in [0, 0.05) is 30.4 Å². The molecule has 1 aliphatic rings. The number of amides is 1. The molecule has 4 nitrogen and oxygen atoms in total. The van der Waals surface area contributed by atoms with Crippen molar-refractivity contribution in [1.82, 2.24) is 9.88 Å². The Morgan fingerprint density at radius 3 is 2.70 bits per heavy atom. The SMILES string of the molecule is O=C(CCc1ccc(Cl)cc1)N1CCOC(c2ccncc2)C1. The maximum Gasteiger partial charge on any atom is 0.223 e. The molecule has 2 heterocycles. The number of nitrogens with zero attached hydrogens (tertiary/aromatic N) is 2. The third-order valence-corrected chi connectivity index (χ3v) is 4.29. The molecule has 0 aliphatic carbocycles. The first-order valence-corrected chi connectivity index (χ1v) is 8.14. The summed E-state index contributed by atoms with van der Waals surface area (Å²) in [6.45, 7) is 1.82. The number of ether oxygens (including phenoxy) is 1. The van der Waals surface area contributed by atoms with Gasteiger partial charge in [0.15, 0.2) is 0 Å². The smallest absolute Gasteiger partial charge is 0.223 e. The molecule has 1 saturated heterocycles. The van der Waals surface area contributed by atoms with Gasteiger partial charge in [0.25, 0.3) is 0 Å². The fourth-order valence-corrected chi connectivity index (χ4v) is 2.84. The minimum atomic E-state index is -0.0637. The summed E-state index contributed by atoms with van der Waals surface area (Å²) >= 11 is 5.88. The number of rotatable bonds is 4. The molecule has 1 aliphatic heterocycles. The summed E-state index contributed by atoms with van der Waals surface area (Å²) in [5, 5.41) is 0.716. The highest BCUT2D eigenvalue weighted by Crippen LogP contribution is 2.22. The Bertz CT molecular complexity index is 646. The number of pyridine rings is 1. The van der Waals surface area contributed by atoms with Gasteiger partial charge in [-0.05, 0) is 41.8 Å². The van der Waals surface area contributed by atoms with Crippen LogP contribution in [0.5, 0.6) is 0 Å². The maximum atomic E-state index is 12.4. The van der Waals surface area contributed by atoms with Gasteiger partial charge in [-0.1, -0.05) is 23.7 Å². The monoisotopic (exact) mass is 330 g/mol. The van der Waals surface area contributed by atoms with Gasteiger partial charge in [0.05, 0.1) is 13.2 Å². The molecule has 3 rings (SSSR count). The normalized spacial score (nSPS) is 18.0. The summed E-state index contributed by atoms with van der Waals surface area (Å²) < 4.78 is 5.78. The number of hydrogen-bond donors (Lipinski definition) is 0. The second-order valence-electron chi connectivity index (χ2n) is 5.61. The highest BCUT2D eigenvalue weighted by Gasteiger charge is 2.25. The van der Waals surface area contributed by atoms with Gasteiger partial charge in [-0.2, -0.15) is 0 Å². The number of hydrogen-bond acceptors (Lipinski definition) is 3. The molecule has 0 spiro atoms. The zero-order valence-corrected chi connectivity index (χ0v) is 13.6. The lowest BCUT2D eigenvalue weighted by Crippen LogP contribution is -2.42. The zero-order chi connectivity index (χ0) is 16.1. The third-order valence-electron chi connectivity index (χ3n) is 4.04. The number of morpholine rings is 1. The quantitative estimate of drug-likeness (QED) is 0.864. The van der Waals surface area contributed by atoms with Crippen molar-refractivity contribution in [3.05, 3.63) is 64.9 Å². The van der Waals surface area contributed by atoms with Crippen molar-refractivity contribution in [1.29, 1.82) is 0 Å². The maximum absolute atomic E-state index is 12.4. The number of benzene rings is 1. The number of aromatic nitrogens is 1. The van der Waals surface area contributed by atoms with Crippen LogP contribution >= 0.6 is 11.6 Å². The Hall–Kier alpha value is -1.91. The molecule has 1 aromatic carbocycles. The lowest BCUT2D eigenvalue weighted by Gasteiger charge is -2.33. The first-order chi connectivity index (χ1) is 11.2. The zero-order valence-electron chi connectivity index (χ0n) is 12.8. The molecular formula is C18H19ClN2O2. The van der Waals surface area contributed by atoms with Crippen molar-refractivity contribution in [3.63, 3.8) is 0 Å². The molecule has 0 saturated carbocycles. The van der Waals surface area contributed by atoms with Crippen LogP contribution in [0.15, 0.2) is 48.8 Å². The minimum Gasteiger partial charge on any atom is -0.370 e. The molecule has 1 amide bonds. The summed E-state index contributed by atoms with van der Waals surface area (Å²) in [5.41, 5.74) is 2.19. The minimum absolute atomic E-state index is 0.0637. The van der Waals surface area contributed by atoms with Crippen molar-refractivity contribution in [2.45, 2.75) is 18.9 Å². The van der Waals surface area contributed by atoms with E-state index in [0.717, 1.165) is 17.5 Å². The highest BCUT2D eigenvalue weighted by molar-refractivity contribution is 6.30. The lowest BCUT2D eigenvalue weighted by molar-refractivity contribution is -0.139. The van der Waals surface area contributed by atoms with Crippen molar-refractivity contribution in [2.24, 2.45) is 0 Å². The van der Waals surface area contributed by atoms with Gasteiger partial charge >= 0.3 is 0 Å². The van der Waals surface area contributed by atoms with E-state index < -0.39 is 0 Å². The number of aryl methyl sites for hydroxylation is 1. The van der Waals surface area contributed by atoms with Crippen molar-refractivity contribution in [2.75, 3.05) is 19.7 Å². The van der Waals surface area contributed by atoms with Crippen molar-refractivity contribution >= 4 is 17.5 Å². The topological polar surface area (TPSA) is 42.4 Å². The predicted octanol–water partition coefficient (Wildman–Crippen LogP) is 3.27. The van der Waals surface area contributed by atoms with Crippen LogP contribution in [0, 0.1) is 0 Å². The predicted molar refractivity (Wildman–Crippen MR) is 89.3 cm³/mol. The standard InChI is InChI=1S/C18H19ClN2O2/c19-16-4-1-14(2-5-16)3-6-18(22)21-11-12-23-17(13-21)15-7-9-20-10-8-15/h1-2,4-5,7-10,17H,3,6,11-13H2. The van der Waals surface area contributed by atoms with Crippen LogP contribution in [0.1, 0.15) is 23.7 Å². The molecule has 1 unspecified atom stereocenters. The average molecular weight is 331 g/mol. The fraction of sp³-hybridized carbons (Fsp3) is 0.333. The highest BCUT2D eigenvalue weighted by atomic mass is 35.5. The van der Waals surface area contributed by atoms with Crippen LogP contribution in [0.3, 0.4) is 0 Å². The van der Waals surface area contributed by atoms with Gasteiger partial charge in [-0.3, -0.25) is 9.78 Å². The van der Waals surface area contributed by atoms with E-state index in [-0.39, 0.29) is 12.0 Å². The molecule has 120 valence electrons. The second-order valence-corrected chi connectivity index (χ2v) is 6.04. The van der Waals surface area contributed by atoms with E-state index in [1.165, 1.54) is 0 Å². The molecule has 23 heavy (non-hydrogen) atoms. The van der Waals surface area contributed by atoms with Crippen molar-refractivity contribution in [3.8, 4) is 0 Å². The van der Waals surface area contributed by atoms with Crippen LogP contribution in [0.25, 0.3) is 0 Å². The average Bonchev–Trinajstić information content (AvgIpc) is 2.62. The molecule has 0 bridgehead atoms. The Morgan fingerprint density at radius 1 is 1.22 bits per heavy atom. The molecular weight excluding hydrogens is 312 g/mol. The van der Waals surface area contributed by atoms with E-state index in [9.17, 15) is 4.79 Å². The first-order valence-electron chi connectivity index (χ1n) is 7.76. The van der Waals surface area contributed by atoms with Crippen LogP contribution < -0.4 is 0 Å². The Labute approximate surface area is 141 Å². The molecule has 1 fully saturated rings. The van der Waals surface area contributed by atoms with Crippen LogP contribution in [0.2, 0.25) is 5.02 Å². The molecule has 2 aromatic rings. The Balaban J connectivity index is 1.55. The fourth-order valence-electron chi connectivity index (χ4n) is 2.72. The van der Waals surface area contributed by atoms with Gasteiger partial charge in [0.1, 0.15) is 6.10 Å². The lowest BCUT2D eigenvalue weighted by atomic mass is 10.1. The van der Waals surface area contributed by atoms with Gasteiger partial charge in [0.2, 0.25) is 5.91 Å². The molecule has 1 aromatic heterocycles. The Kier molecular flexibility index (Phi) is 5.26. The van der Waals surface area contributed by atoms with Gasteiger partial charge < -0.3 is 9.64 Å². The van der Waals surface area contributed by atoms with Crippen LogP contribution in [-0.2, 0) is 16.0 Å². The van der Waals surface area contributed by atoms with Gasteiger partial charge in [-0.15, -0.1) is 0 Å². The number of carbonyl (C=O) groups excluding carboxylic acids is 1. The van der Waals surface area contributed by atoms with E-state index >= 15 is 0 Å². The second kappa shape index (κ2) is 7.57. The largest absolute Gasteiger partial charge is 0.370 e. The molecule has 1 atom stereocenters. The molecule has 0 N–H and O–H groups in total. The summed E-state index contributed by atoms with van der Waals surface area (Å²) in [6, 6.07) is 11.5.